The molecule has 4 heteroatoms. The molecule has 2 aromatic carbocycles. The fourth-order valence-corrected chi connectivity index (χ4v) is 2.20. The van der Waals surface area contributed by atoms with Crippen molar-refractivity contribution in [2.45, 2.75) is 19.5 Å². The second-order valence-corrected chi connectivity index (χ2v) is 5.53. The van der Waals surface area contributed by atoms with Gasteiger partial charge < -0.3 is 0 Å². The molecule has 0 saturated heterocycles. The van der Waals surface area contributed by atoms with Crippen LogP contribution in [0.2, 0.25) is 5.02 Å². The Hall–Kier alpha value is -1.71. The first-order valence-electron chi connectivity index (χ1n) is 6.72. The number of Topliss-reactive ketones (excluding diaryl/α,β-unsaturated/α-hetero) is 1. The van der Waals surface area contributed by atoms with Crippen molar-refractivity contribution < 1.29 is 9.18 Å². The van der Waals surface area contributed by atoms with Crippen LogP contribution in [0.4, 0.5) is 4.39 Å². The Balaban J connectivity index is 2.04. The normalized spacial score (nSPS) is 12.4. The van der Waals surface area contributed by atoms with Crippen molar-refractivity contribution in [2.75, 3.05) is 7.05 Å². The summed E-state index contributed by atoms with van der Waals surface area (Å²) in [5.41, 5.74) is 1.60. The molecule has 0 spiro atoms. The van der Waals surface area contributed by atoms with Crippen LogP contribution >= 0.6 is 11.6 Å². The molecule has 0 saturated carbocycles. The minimum atomic E-state index is -0.339. The zero-order chi connectivity index (χ0) is 15.4. The van der Waals surface area contributed by atoms with Crippen LogP contribution in [-0.2, 0) is 6.54 Å². The fourth-order valence-electron chi connectivity index (χ4n) is 2.07. The van der Waals surface area contributed by atoms with E-state index < -0.39 is 0 Å². The highest BCUT2D eigenvalue weighted by atomic mass is 35.5. The van der Waals surface area contributed by atoms with E-state index >= 15 is 0 Å². The van der Waals surface area contributed by atoms with Gasteiger partial charge in [0.15, 0.2) is 5.78 Å². The van der Waals surface area contributed by atoms with Crippen molar-refractivity contribution in [3.63, 3.8) is 0 Å². The smallest absolute Gasteiger partial charge is 0.179 e. The first-order valence-corrected chi connectivity index (χ1v) is 7.09. The zero-order valence-electron chi connectivity index (χ0n) is 12.0. The lowest BCUT2D eigenvalue weighted by atomic mass is 10.0. The highest BCUT2D eigenvalue weighted by Crippen LogP contribution is 2.14. The number of ketones is 1. The molecule has 2 aromatic rings. The van der Waals surface area contributed by atoms with Crippen LogP contribution in [0.1, 0.15) is 22.8 Å². The highest BCUT2D eigenvalue weighted by Gasteiger charge is 2.19. The van der Waals surface area contributed by atoms with E-state index in [2.05, 4.69) is 0 Å². The molecule has 0 aromatic heterocycles. The number of rotatable bonds is 5. The van der Waals surface area contributed by atoms with Crippen LogP contribution in [0, 0.1) is 5.82 Å². The van der Waals surface area contributed by atoms with Crippen molar-refractivity contribution in [2.24, 2.45) is 0 Å². The Kier molecular flexibility index (Phi) is 5.10. The van der Waals surface area contributed by atoms with Gasteiger partial charge in [0.2, 0.25) is 0 Å². The predicted octanol–water partition coefficient (Wildman–Crippen LogP) is 4.18. The number of likely N-dealkylation sites (N-methyl/N-ethyl adjacent to an activating group) is 1. The van der Waals surface area contributed by atoms with Gasteiger partial charge in [-0.25, -0.2) is 4.39 Å². The molecule has 0 amide bonds. The van der Waals surface area contributed by atoms with Gasteiger partial charge in [-0.3, -0.25) is 9.69 Å². The molecule has 0 radical (unpaired) electrons. The van der Waals surface area contributed by atoms with E-state index in [1.165, 1.54) is 24.3 Å². The monoisotopic (exact) mass is 305 g/mol. The first kappa shape index (κ1) is 15.7. The molecule has 21 heavy (non-hydrogen) atoms. The van der Waals surface area contributed by atoms with Crippen molar-refractivity contribution in [1.82, 2.24) is 4.90 Å². The molecule has 1 atom stereocenters. The molecule has 0 heterocycles. The van der Waals surface area contributed by atoms with E-state index in [1.807, 2.05) is 43.1 Å². The van der Waals surface area contributed by atoms with Gasteiger partial charge in [-0.15, -0.1) is 0 Å². The first-order chi connectivity index (χ1) is 9.97. The van der Waals surface area contributed by atoms with Gasteiger partial charge in [-0.2, -0.15) is 0 Å². The second kappa shape index (κ2) is 6.83. The van der Waals surface area contributed by atoms with Gasteiger partial charge in [0, 0.05) is 17.1 Å². The number of hydrogen-bond acceptors (Lipinski definition) is 2. The van der Waals surface area contributed by atoms with Crippen LogP contribution in [-0.4, -0.2) is 23.8 Å². The summed E-state index contributed by atoms with van der Waals surface area (Å²) >= 11 is 5.86. The molecule has 0 N–H and O–H groups in total. The molecule has 2 nitrogen and oxygen atoms in total. The third-order valence-corrected chi connectivity index (χ3v) is 3.77. The van der Waals surface area contributed by atoms with Crippen molar-refractivity contribution >= 4 is 17.4 Å². The molecular formula is C17H17ClFNO. The standard InChI is InChI=1S/C17H17ClFNO/c1-12(17(21)14-5-9-16(19)10-6-14)20(2)11-13-3-7-15(18)8-4-13/h3-10,12H,11H2,1-2H3. The van der Waals surface area contributed by atoms with E-state index in [0.29, 0.717) is 17.1 Å². The number of halogens is 2. The lowest BCUT2D eigenvalue weighted by Gasteiger charge is -2.23. The molecule has 0 aliphatic rings. The lowest BCUT2D eigenvalue weighted by Crippen LogP contribution is -2.35. The van der Waals surface area contributed by atoms with Gasteiger partial charge in [0.25, 0.3) is 0 Å². The third kappa shape index (κ3) is 4.13. The molecule has 1 unspecified atom stereocenters. The van der Waals surface area contributed by atoms with Crippen LogP contribution in [0.3, 0.4) is 0 Å². The summed E-state index contributed by atoms with van der Waals surface area (Å²) in [5, 5.41) is 0.692. The van der Waals surface area contributed by atoms with E-state index in [-0.39, 0.29) is 17.6 Å². The van der Waals surface area contributed by atoms with E-state index in [1.54, 1.807) is 0 Å². The molecule has 110 valence electrons. The number of hydrogen-bond donors (Lipinski definition) is 0. The van der Waals surface area contributed by atoms with E-state index in [4.69, 9.17) is 11.6 Å². The lowest BCUT2D eigenvalue weighted by molar-refractivity contribution is 0.0862. The number of nitrogens with zero attached hydrogens (tertiary/aromatic N) is 1. The maximum atomic E-state index is 12.9. The fraction of sp³-hybridized carbons (Fsp3) is 0.235. The van der Waals surface area contributed by atoms with Gasteiger partial charge in [-0.05, 0) is 55.9 Å². The van der Waals surface area contributed by atoms with Crippen LogP contribution in [0.5, 0.6) is 0 Å². The van der Waals surface area contributed by atoms with Crippen molar-refractivity contribution in [3.05, 3.63) is 70.5 Å². The summed E-state index contributed by atoms with van der Waals surface area (Å²) in [6, 6.07) is 12.9. The molecule has 2 rings (SSSR count). The Morgan fingerprint density at radius 1 is 1.14 bits per heavy atom. The maximum Gasteiger partial charge on any atom is 0.179 e. The Labute approximate surface area is 129 Å². The second-order valence-electron chi connectivity index (χ2n) is 5.09. The zero-order valence-corrected chi connectivity index (χ0v) is 12.8. The van der Waals surface area contributed by atoms with Gasteiger partial charge in [-0.1, -0.05) is 23.7 Å². The van der Waals surface area contributed by atoms with Crippen molar-refractivity contribution in [3.8, 4) is 0 Å². The minimum absolute atomic E-state index is 0.0218. The summed E-state index contributed by atoms with van der Waals surface area (Å²) < 4.78 is 12.9. The van der Waals surface area contributed by atoms with Crippen LogP contribution < -0.4 is 0 Å². The molecular weight excluding hydrogens is 289 g/mol. The maximum absolute atomic E-state index is 12.9. The van der Waals surface area contributed by atoms with E-state index in [0.717, 1.165) is 5.56 Å². The Morgan fingerprint density at radius 2 is 1.71 bits per heavy atom. The molecule has 0 aliphatic heterocycles. The average Bonchev–Trinajstić information content (AvgIpc) is 2.49. The third-order valence-electron chi connectivity index (χ3n) is 3.51. The Morgan fingerprint density at radius 3 is 2.29 bits per heavy atom. The molecule has 0 aliphatic carbocycles. The van der Waals surface area contributed by atoms with E-state index in [9.17, 15) is 9.18 Å². The largest absolute Gasteiger partial charge is 0.292 e. The predicted molar refractivity (Wildman–Crippen MR) is 83.1 cm³/mol. The number of carbonyl (C=O) groups is 1. The molecule has 0 fully saturated rings. The number of carbonyl (C=O) groups excluding carboxylic acids is 1. The van der Waals surface area contributed by atoms with Crippen LogP contribution in [0.25, 0.3) is 0 Å². The topological polar surface area (TPSA) is 20.3 Å². The highest BCUT2D eigenvalue weighted by molar-refractivity contribution is 6.30. The summed E-state index contributed by atoms with van der Waals surface area (Å²) in [7, 11) is 1.89. The van der Waals surface area contributed by atoms with Crippen LogP contribution in [0.15, 0.2) is 48.5 Å². The van der Waals surface area contributed by atoms with Crippen molar-refractivity contribution in [1.29, 1.82) is 0 Å². The quantitative estimate of drug-likeness (QED) is 0.772. The summed E-state index contributed by atoms with van der Waals surface area (Å²) in [5.74, 6) is -0.361. The average molecular weight is 306 g/mol. The van der Waals surface area contributed by atoms with Gasteiger partial charge in [0.1, 0.15) is 5.82 Å². The summed E-state index contributed by atoms with van der Waals surface area (Å²) in [6.45, 7) is 2.49. The summed E-state index contributed by atoms with van der Waals surface area (Å²) in [6.07, 6.45) is 0. The van der Waals surface area contributed by atoms with Gasteiger partial charge >= 0.3 is 0 Å². The summed E-state index contributed by atoms with van der Waals surface area (Å²) in [4.78, 5) is 14.3. The SMILES string of the molecule is CC(C(=O)c1ccc(F)cc1)N(C)Cc1ccc(Cl)cc1. The number of benzene rings is 2. The minimum Gasteiger partial charge on any atom is -0.292 e. The Bertz CT molecular complexity index is 610. The molecule has 0 bridgehead atoms. The van der Waals surface area contributed by atoms with Gasteiger partial charge in [0.05, 0.1) is 6.04 Å².